The van der Waals surface area contributed by atoms with Gasteiger partial charge >= 0.3 is 6.09 Å². The predicted octanol–water partition coefficient (Wildman–Crippen LogP) is 5.73. The molecular formula is C22H16BrN3O3. The first-order chi connectivity index (χ1) is 14.0. The summed E-state index contributed by atoms with van der Waals surface area (Å²) in [4.78, 5) is 30.2. The number of rotatable bonds is 3. The van der Waals surface area contributed by atoms with Crippen LogP contribution in [-0.4, -0.2) is 22.8 Å². The molecule has 7 heteroatoms. The molecule has 144 valence electrons. The van der Waals surface area contributed by atoms with Gasteiger partial charge in [-0.3, -0.25) is 9.79 Å². The van der Waals surface area contributed by atoms with Gasteiger partial charge in [-0.05, 0) is 48.0 Å². The number of para-hydroxylation sites is 1. The molecule has 2 amide bonds. The van der Waals surface area contributed by atoms with E-state index in [4.69, 9.17) is 0 Å². The Kier molecular flexibility index (Phi) is 5.14. The standard InChI is InChI=1S/C22H16BrN3O3/c23-15-6-4-5-14(11-15)19-13-21(27)25-20-12-17(9-10-18(20)24-19)26(22(28)29)16-7-2-1-3-8-16/h1-12H,13H2,(H,25,27)(H,28,29). The molecule has 3 aromatic rings. The average Bonchev–Trinajstić information content (AvgIpc) is 2.86. The summed E-state index contributed by atoms with van der Waals surface area (Å²) in [5.74, 6) is -0.207. The Morgan fingerprint density at radius 3 is 2.52 bits per heavy atom. The van der Waals surface area contributed by atoms with Gasteiger partial charge in [-0.15, -0.1) is 0 Å². The first-order valence-corrected chi connectivity index (χ1v) is 9.66. The molecule has 4 rings (SSSR count). The van der Waals surface area contributed by atoms with Gasteiger partial charge in [0.15, 0.2) is 0 Å². The van der Waals surface area contributed by atoms with Gasteiger partial charge in [-0.25, -0.2) is 9.69 Å². The summed E-state index contributed by atoms with van der Waals surface area (Å²) < 4.78 is 0.901. The van der Waals surface area contributed by atoms with Gasteiger partial charge < -0.3 is 10.4 Å². The van der Waals surface area contributed by atoms with Gasteiger partial charge in [-0.2, -0.15) is 0 Å². The van der Waals surface area contributed by atoms with Crippen LogP contribution < -0.4 is 10.2 Å². The van der Waals surface area contributed by atoms with Crippen molar-refractivity contribution in [2.75, 3.05) is 10.2 Å². The lowest BCUT2D eigenvalue weighted by Gasteiger charge is -2.20. The number of carbonyl (C=O) groups is 2. The second kappa shape index (κ2) is 7.89. The molecule has 0 saturated carbocycles. The zero-order valence-electron chi connectivity index (χ0n) is 15.2. The van der Waals surface area contributed by atoms with E-state index in [-0.39, 0.29) is 12.3 Å². The van der Waals surface area contributed by atoms with Crippen molar-refractivity contribution >= 4 is 56.4 Å². The third-order valence-corrected chi connectivity index (χ3v) is 4.95. The van der Waals surface area contributed by atoms with Gasteiger partial charge in [0.2, 0.25) is 5.91 Å². The van der Waals surface area contributed by atoms with E-state index in [0.29, 0.717) is 28.5 Å². The molecule has 0 unspecified atom stereocenters. The number of nitrogens with zero attached hydrogens (tertiary/aromatic N) is 2. The second-order valence-corrected chi connectivity index (χ2v) is 7.36. The van der Waals surface area contributed by atoms with Crippen LogP contribution in [0.4, 0.5) is 27.5 Å². The van der Waals surface area contributed by atoms with Crippen molar-refractivity contribution in [1.29, 1.82) is 0 Å². The average molecular weight is 450 g/mol. The molecule has 1 aliphatic heterocycles. The number of carboxylic acid groups (broad SMARTS) is 1. The first-order valence-electron chi connectivity index (χ1n) is 8.87. The molecule has 0 spiro atoms. The van der Waals surface area contributed by atoms with Crippen molar-refractivity contribution in [3.05, 3.63) is 82.8 Å². The van der Waals surface area contributed by atoms with Crippen molar-refractivity contribution < 1.29 is 14.7 Å². The Labute approximate surface area is 175 Å². The van der Waals surface area contributed by atoms with E-state index in [2.05, 4.69) is 26.2 Å². The molecule has 1 aliphatic rings. The third kappa shape index (κ3) is 4.05. The van der Waals surface area contributed by atoms with Crippen molar-refractivity contribution in [2.24, 2.45) is 4.99 Å². The van der Waals surface area contributed by atoms with Crippen molar-refractivity contribution in [3.8, 4) is 0 Å². The zero-order chi connectivity index (χ0) is 20.4. The molecule has 6 nitrogen and oxygen atoms in total. The van der Waals surface area contributed by atoms with Crippen LogP contribution in [-0.2, 0) is 4.79 Å². The SMILES string of the molecule is O=C1CC(c2cccc(Br)c2)=Nc2ccc(N(C(=O)O)c3ccccc3)cc2N1. The van der Waals surface area contributed by atoms with Gasteiger partial charge in [0.1, 0.15) is 0 Å². The maximum absolute atomic E-state index is 12.5. The molecule has 1 heterocycles. The molecule has 0 aromatic heterocycles. The number of nitrogens with one attached hydrogen (secondary N) is 1. The lowest BCUT2D eigenvalue weighted by molar-refractivity contribution is -0.115. The van der Waals surface area contributed by atoms with E-state index in [0.717, 1.165) is 14.9 Å². The highest BCUT2D eigenvalue weighted by molar-refractivity contribution is 9.10. The number of amides is 2. The van der Waals surface area contributed by atoms with E-state index in [1.54, 1.807) is 42.5 Å². The lowest BCUT2D eigenvalue weighted by atomic mass is 10.1. The van der Waals surface area contributed by atoms with E-state index in [1.165, 1.54) is 0 Å². The molecule has 0 fully saturated rings. The van der Waals surface area contributed by atoms with Crippen LogP contribution in [0.1, 0.15) is 12.0 Å². The lowest BCUT2D eigenvalue weighted by Crippen LogP contribution is -2.23. The number of carbonyl (C=O) groups excluding carboxylic acids is 1. The highest BCUT2D eigenvalue weighted by Crippen LogP contribution is 2.35. The predicted molar refractivity (Wildman–Crippen MR) is 117 cm³/mol. The maximum Gasteiger partial charge on any atom is 0.416 e. The van der Waals surface area contributed by atoms with Crippen LogP contribution >= 0.6 is 15.9 Å². The van der Waals surface area contributed by atoms with Crippen LogP contribution in [0.15, 0.2) is 82.3 Å². The van der Waals surface area contributed by atoms with Crippen LogP contribution in [0.25, 0.3) is 0 Å². The number of anilines is 3. The van der Waals surface area contributed by atoms with Crippen LogP contribution in [0.3, 0.4) is 0 Å². The highest BCUT2D eigenvalue weighted by Gasteiger charge is 2.21. The molecule has 2 N–H and O–H groups in total. The van der Waals surface area contributed by atoms with Crippen LogP contribution in [0, 0.1) is 0 Å². The third-order valence-electron chi connectivity index (χ3n) is 4.46. The molecule has 0 saturated heterocycles. The quantitative estimate of drug-likeness (QED) is 0.535. The van der Waals surface area contributed by atoms with E-state index in [9.17, 15) is 14.7 Å². The molecule has 0 aliphatic carbocycles. The van der Waals surface area contributed by atoms with Gasteiger partial charge in [0.25, 0.3) is 0 Å². The fourth-order valence-electron chi connectivity index (χ4n) is 3.17. The van der Waals surface area contributed by atoms with Crippen molar-refractivity contribution in [3.63, 3.8) is 0 Å². The fourth-order valence-corrected chi connectivity index (χ4v) is 3.57. The summed E-state index contributed by atoms with van der Waals surface area (Å²) in [6, 6.07) is 21.4. The van der Waals surface area contributed by atoms with Crippen molar-refractivity contribution in [2.45, 2.75) is 6.42 Å². The fraction of sp³-hybridized carbons (Fsp3) is 0.0455. The zero-order valence-corrected chi connectivity index (χ0v) is 16.8. The van der Waals surface area contributed by atoms with Crippen LogP contribution in [0.2, 0.25) is 0 Å². The van der Waals surface area contributed by atoms with Gasteiger partial charge in [0.05, 0.1) is 34.9 Å². The number of hydrogen-bond acceptors (Lipinski definition) is 3. The molecular weight excluding hydrogens is 434 g/mol. The number of benzene rings is 3. The van der Waals surface area contributed by atoms with Gasteiger partial charge in [-0.1, -0.05) is 46.3 Å². The molecule has 0 bridgehead atoms. The topological polar surface area (TPSA) is 82.0 Å². The normalized spacial score (nSPS) is 13.0. The first kappa shape index (κ1) is 18.9. The summed E-state index contributed by atoms with van der Waals surface area (Å²) >= 11 is 3.44. The Bertz CT molecular complexity index is 1130. The Hall–Kier alpha value is -3.45. The molecule has 0 radical (unpaired) electrons. The summed E-state index contributed by atoms with van der Waals surface area (Å²) in [6.07, 6.45) is -0.989. The maximum atomic E-state index is 12.5. The van der Waals surface area contributed by atoms with Crippen molar-refractivity contribution in [1.82, 2.24) is 0 Å². The number of halogens is 1. The number of aliphatic imine (C=N–C) groups is 1. The van der Waals surface area contributed by atoms with Crippen LogP contribution in [0.5, 0.6) is 0 Å². The molecule has 3 aromatic carbocycles. The van der Waals surface area contributed by atoms with Gasteiger partial charge in [0, 0.05) is 4.47 Å². The summed E-state index contributed by atoms with van der Waals surface area (Å²) in [5, 5.41) is 12.6. The van der Waals surface area contributed by atoms with E-state index in [1.807, 2.05) is 30.3 Å². The molecule has 0 atom stereocenters. The highest BCUT2D eigenvalue weighted by atomic mass is 79.9. The monoisotopic (exact) mass is 449 g/mol. The van der Waals surface area contributed by atoms with E-state index < -0.39 is 6.09 Å². The largest absolute Gasteiger partial charge is 0.464 e. The second-order valence-electron chi connectivity index (χ2n) is 6.45. The summed E-state index contributed by atoms with van der Waals surface area (Å²) in [7, 11) is 0. The smallest absolute Gasteiger partial charge is 0.416 e. The van der Waals surface area contributed by atoms with E-state index >= 15 is 0 Å². The minimum atomic E-state index is -1.12. The molecule has 29 heavy (non-hydrogen) atoms. The minimum Gasteiger partial charge on any atom is -0.464 e. The number of fused-ring (bicyclic) bond motifs is 1. The summed E-state index contributed by atoms with van der Waals surface area (Å²) in [5.41, 5.74) is 3.48. The minimum absolute atomic E-state index is 0.127. The Morgan fingerprint density at radius 2 is 1.79 bits per heavy atom. The Balaban J connectivity index is 1.77. The Morgan fingerprint density at radius 1 is 1.00 bits per heavy atom. The summed E-state index contributed by atoms with van der Waals surface area (Å²) in [6.45, 7) is 0. The number of hydrogen-bond donors (Lipinski definition) is 2.